The van der Waals surface area contributed by atoms with Crippen molar-refractivity contribution < 1.29 is 0 Å². The van der Waals surface area contributed by atoms with E-state index in [1.807, 2.05) is 0 Å². The second-order valence-corrected chi connectivity index (χ2v) is 13.5. The van der Waals surface area contributed by atoms with E-state index in [9.17, 15) is 0 Å². The maximum atomic E-state index is 5.39. The van der Waals surface area contributed by atoms with Crippen molar-refractivity contribution in [3.05, 3.63) is 200 Å². The van der Waals surface area contributed by atoms with Crippen LogP contribution in [0.25, 0.3) is 99.0 Å². The zero-order valence-electron chi connectivity index (χ0n) is 28.5. The molecular formula is C51H33N. The van der Waals surface area contributed by atoms with E-state index in [0.717, 1.165) is 28.1 Å². The lowest BCUT2D eigenvalue weighted by atomic mass is 9.91. The number of hydrogen-bond donors (Lipinski definition) is 0. The summed E-state index contributed by atoms with van der Waals surface area (Å²) in [6.45, 7) is 0. The Balaban J connectivity index is 1.14. The third-order valence-electron chi connectivity index (χ3n) is 10.4. The molecule has 0 aliphatic carbocycles. The van der Waals surface area contributed by atoms with E-state index in [4.69, 9.17) is 4.98 Å². The molecule has 10 aromatic rings. The Morgan fingerprint density at radius 3 is 1.12 bits per heavy atom. The van der Waals surface area contributed by atoms with Gasteiger partial charge in [0.05, 0.1) is 11.4 Å². The van der Waals surface area contributed by atoms with Gasteiger partial charge in [0.15, 0.2) is 0 Å². The van der Waals surface area contributed by atoms with Gasteiger partial charge in [0.2, 0.25) is 0 Å². The number of aromatic nitrogens is 1. The first-order valence-corrected chi connectivity index (χ1v) is 17.9. The lowest BCUT2D eigenvalue weighted by Gasteiger charge is -2.14. The van der Waals surface area contributed by atoms with E-state index in [1.54, 1.807) is 0 Å². The van der Waals surface area contributed by atoms with E-state index < -0.39 is 0 Å². The summed E-state index contributed by atoms with van der Waals surface area (Å²) in [6.07, 6.45) is 0. The number of benzene rings is 9. The third kappa shape index (κ3) is 5.23. The van der Waals surface area contributed by atoms with Crippen molar-refractivity contribution in [3.8, 4) is 55.9 Å². The van der Waals surface area contributed by atoms with Gasteiger partial charge in [-0.3, -0.25) is 0 Å². The Morgan fingerprint density at radius 2 is 0.615 bits per heavy atom. The summed E-state index contributed by atoms with van der Waals surface area (Å²) in [5.74, 6) is 0. The molecule has 242 valence electrons. The van der Waals surface area contributed by atoms with Gasteiger partial charge in [-0.1, -0.05) is 164 Å². The van der Waals surface area contributed by atoms with Crippen LogP contribution in [0.3, 0.4) is 0 Å². The quantitative estimate of drug-likeness (QED) is 0.168. The minimum atomic E-state index is 0.949. The molecule has 1 aromatic heterocycles. The molecule has 1 nitrogen and oxygen atoms in total. The second-order valence-electron chi connectivity index (χ2n) is 13.5. The first-order valence-electron chi connectivity index (χ1n) is 17.9. The van der Waals surface area contributed by atoms with Crippen LogP contribution in [0, 0.1) is 0 Å². The predicted molar refractivity (Wildman–Crippen MR) is 221 cm³/mol. The number of hydrogen-bond acceptors (Lipinski definition) is 1. The van der Waals surface area contributed by atoms with Crippen molar-refractivity contribution in [3.63, 3.8) is 0 Å². The Bertz CT molecular complexity index is 2780. The molecule has 0 spiro atoms. The van der Waals surface area contributed by atoms with Crippen molar-refractivity contribution in [2.75, 3.05) is 0 Å². The molecule has 1 heteroatoms. The molecule has 0 fully saturated rings. The minimum Gasteiger partial charge on any atom is -0.248 e. The Hall–Kier alpha value is -6.83. The maximum Gasteiger partial charge on any atom is 0.0715 e. The van der Waals surface area contributed by atoms with Gasteiger partial charge < -0.3 is 0 Å². The van der Waals surface area contributed by atoms with Crippen LogP contribution in [-0.2, 0) is 0 Å². The first-order chi connectivity index (χ1) is 25.8. The average Bonchev–Trinajstić information content (AvgIpc) is 3.23. The van der Waals surface area contributed by atoms with Gasteiger partial charge in [-0.05, 0) is 113 Å². The van der Waals surface area contributed by atoms with Crippen LogP contribution in [-0.4, -0.2) is 4.98 Å². The summed E-state index contributed by atoms with van der Waals surface area (Å²) in [5.41, 5.74) is 11.2. The molecule has 0 unspecified atom stereocenters. The highest BCUT2D eigenvalue weighted by Gasteiger charge is 2.14. The van der Waals surface area contributed by atoms with Crippen LogP contribution in [0.1, 0.15) is 0 Å². The molecule has 0 bridgehead atoms. The van der Waals surface area contributed by atoms with Gasteiger partial charge in [0.25, 0.3) is 0 Å². The minimum absolute atomic E-state index is 0.949. The maximum absolute atomic E-state index is 5.39. The fourth-order valence-electron chi connectivity index (χ4n) is 7.90. The molecule has 1 heterocycles. The lowest BCUT2D eigenvalue weighted by molar-refractivity contribution is 1.32. The number of pyridine rings is 1. The van der Waals surface area contributed by atoms with Gasteiger partial charge in [-0.25, -0.2) is 4.98 Å². The highest BCUT2D eigenvalue weighted by atomic mass is 14.7. The Morgan fingerprint density at radius 1 is 0.231 bits per heavy atom. The monoisotopic (exact) mass is 659 g/mol. The average molecular weight is 660 g/mol. The molecule has 0 aliphatic rings. The van der Waals surface area contributed by atoms with E-state index in [-0.39, 0.29) is 0 Å². The van der Waals surface area contributed by atoms with Crippen molar-refractivity contribution in [1.29, 1.82) is 0 Å². The van der Waals surface area contributed by atoms with Gasteiger partial charge >= 0.3 is 0 Å². The van der Waals surface area contributed by atoms with Crippen LogP contribution < -0.4 is 0 Å². The molecule has 0 aliphatic heterocycles. The largest absolute Gasteiger partial charge is 0.248 e. The zero-order chi connectivity index (χ0) is 34.4. The SMILES string of the molecule is c1ccc(-c2cc(-c3cccc(-c4cc5ccccc5c5ccccc45)c3)nc(-c3cccc(-c4cc5ccccc5c5ccccc45)c3)c2)cc1. The van der Waals surface area contributed by atoms with Crippen LogP contribution >= 0.6 is 0 Å². The van der Waals surface area contributed by atoms with Crippen molar-refractivity contribution in [2.24, 2.45) is 0 Å². The highest BCUT2D eigenvalue weighted by molar-refractivity contribution is 6.15. The summed E-state index contributed by atoms with van der Waals surface area (Å²) < 4.78 is 0. The highest BCUT2D eigenvalue weighted by Crippen LogP contribution is 2.39. The fourth-order valence-corrected chi connectivity index (χ4v) is 7.90. The zero-order valence-corrected chi connectivity index (χ0v) is 28.5. The topological polar surface area (TPSA) is 12.9 Å². The molecule has 0 amide bonds. The fraction of sp³-hybridized carbons (Fsp3) is 0. The van der Waals surface area contributed by atoms with Crippen molar-refractivity contribution in [2.45, 2.75) is 0 Å². The van der Waals surface area contributed by atoms with Crippen LogP contribution in [0.5, 0.6) is 0 Å². The van der Waals surface area contributed by atoms with E-state index in [2.05, 4.69) is 200 Å². The number of rotatable bonds is 5. The van der Waals surface area contributed by atoms with Gasteiger partial charge in [0, 0.05) is 11.1 Å². The van der Waals surface area contributed by atoms with Crippen LogP contribution in [0.4, 0.5) is 0 Å². The summed E-state index contributed by atoms with van der Waals surface area (Å²) in [4.78, 5) is 5.39. The van der Waals surface area contributed by atoms with Crippen molar-refractivity contribution in [1.82, 2.24) is 4.98 Å². The summed E-state index contributed by atoms with van der Waals surface area (Å²) >= 11 is 0. The summed E-state index contributed by atoms with van der Waals surface area (Å²) in [7, 11) is 0. The number of fused-ring (bicyclic) bond motifs is 6. The standard InChI is InChI=1S/C51H33N/c1-2-14-34(15-3-1)41-32-50(39-20-12-18-35(28-39)48-30-37-16-4-6-22-42(37)44-24-8-10-26-46(44)48)52-51(33-41)40-21-13-19-36(29-40)49-31-38-17-5-7-23-43(38)45-25-9-11-27-47(45)49/h1-33H. The molecule has 0 radical (unpaired) electrons. The lowest BCUT2D eigenvalue weighted by Crippen LogP contribution is -1.93. The van der Waals surface area contributed by atoms with E-state index >= 15 is 0 Å². The normalized spacial score (nSPS) is 11.5. The predicted octanol–water partition coefficient (Wildman–Crippen LogP) is 14.0. The van der Waals surface area contributed by atoms with Gasteiger partial charge in [-0.15, -0.1) is 0 Å². The molecule has 0 saturated heterocycles. The molecule has 10 rings (SSSR count). The first kappa shape index (κ1) is 30.0. The second kappa shape index (κ2) is 12.5. The van der Waals surface area contributed by atoms with Crippen LogP contribution in [0.2, 0.25) is 0 Å². The molecule has 0 saturated carbocycles. The molecule has 0 N–H and O–H groups in total. The molecule has 52 heavy (non-hydrogen) atoms. The van der Waals surface area contributed by atoms with Crippen molar-refractivity contribution >= 4 is 43.1 Å². The Kier molecular flexibility index (Phi) is 7.22. The van der Waals surface area contributed by atoms with Gasteiger partial charge in [0.1, 0.15) is 0 Å². The van der Waals surface area contributed by atoms with E-state index in [1.165, 1.54) is 70.9 Å². The Labute approximate surface area is 303 Å². The smallest absolute Gasteiger partial charge is 0.0715 e. The van der Waals surface area contributed by atoms with Gasteiger partial charge in [-0.2, -0.15) is 0 Å². The van der Waals surface area contributed by atoms with Crippen LogP contribution in [0.15, 0.2) is 200 Å². The molecule has 0 atom stereocenters. The summed E-state index contributed by atoms with van der Waals surface area (Å²) in [6, 6.07) is 72.3. The third-order valence-corrected chi connectivity index (χ3v) is 10.4. The summed E-state index contributed by atoms with van der Waals surface area (Å²) in [5, 5.41) is 10.1. The molecule has 9 aromatic carbocycles. The number of nitrogens with zero attached hydrogens (tertiary/aromatic N) is 1. The molecular weight excluding hydrogens is 627 g/mol. The van der Waals surface area contributed by atoms with E-state index in [0.29, 0.717) is 0 Å².